The highest BCUT2D eigenvalue weighted by molar-refractivity contribution is 5.89. The largest absolute Gasteiger partial charge is 0.465 e. The van der Waals surface area contributed by atoms with E-state index in [2.05, 4.69) is 40.9 Å². The van der Waals surface area contributed by atoms with E-state index in [1.54, 1.807) is 0 Å². The van der Waals surface area contributed by atoms with Gasteiger partial charge < -0.3 is 9.22 Å². The molecule has 2 rings (SSSR count). The molecule has 0 radical (unpaired) electrons. The van der Waals surface area contributed by atoms with Crippen molar-refractivity contribution in [3.8, 4) is 0 Å². The maximum absolute atomic E-state index is 11.5. The Morgan fingerprint density at radius 2 is 1.83 bits per heavy atom. The number of allylic oxidation sites excluding steroid dienone is 2. The lowest BCUT2D eigenvalue weighted by Crippen LogP contribution is -2.46. The number of rotatable bonds is 5. The second kappa shape index (κ2) is 7.52. The van der Waals surface area contributed by atoms with Crippen LogP contribution < -0.4 is 0 Å². The van der Waals surface area contributed by atoms with Crippen molar-refractivity contribution in [2.45, 2.75) is 33.7 Å². The Morgan fingerprint density at radius 1 is 1.21 bits per heavy atom. The Bertz CT molecular complexity index is 601. The summed E-state index contributed by atoms with van der Waals surface area (Å²) in [6.07, 6.45) is 3.68. The Hall–Kier alpha value is -1.61. The van der Waals surface area contributed by atoms with Gasteiger partial charge in [-0.05, 0) is 37.3 Å². The third kappa shape index (κ3) is 4.70. The number of esters is 1. The van der Waals surface area contributed by atoms with Gasteiger partial charge in [-0.2, -0.15) is 0 Å². The van der Waals surface area contributed by atoms with Crippen molar-refractivity contribution in [1.29, 1.82) is 0 Å². The lowest BCUT2D eigenvalue weighted by molar-refractivity contribution is -0.907. The standard InChI is InChI=1S/C21H32NO2/c1-15-11-16(2)20(17(3)12-15)14-22(4,5)13-18-7-9-19(10-8-18)21(23)24-6/h7-11,16-17,20H,12-14H2,1-6H3/q+1/t16-,17-,20-/m0/s1. The molecule has 3 atom stereocenters. The molecule has 0 heterocycles. The minimum Gasteiger partial charge on any atom is -0.465 e. The summed E-state index contributed by atoms with van der Waals surface area (Å²) in [7, 11) is 6.02. The highest BCUT2D eigenvalue weighted by atomic mass is 16.5. The van der Waals surface area contributed by atoms with Crippen molar-refractivity contribution < 1.29 is 14.0 Å². The van der Waals surface area contributed by atoms with Gasteiger partial charge in [-0.3, -0.25) is 0 Å². The summed E-state index contributed by atoms with van der Waals surface area (Å²) in [5, 5.41) is 0. The van der Waals surface area contributed by atoms with E-state index in [1.807, 2.05) is 24.3 Å². The van der Waals surface area contributed by atoms with Gasteiger partial charge in [-0.25, -0.2) is 4.79 Å². The fourth-order valence-corrected chi connectivity index (χ4v) is 4.16. The van der Waals surface area contributed by atoms with Gasteiger partial charge in [0, 0.05) is 11.5 Å². The van der Waals surface area contributed by atoms with E-state index < -0.39 is 0 Å². The molecule has 1 aromatic carbocycles. The van der Waals surface area contributed by atoms with Crippen LogP contribution >= 0.6 is 0 Å². The summed E-state index contributed by atoms with van der Waals surface area (Å²) >= 11 is 0. The molecule has 0 aromatic heterocycles. The van der Waals surface area contributed by atoms with Crippen molar-refractivity contribution in [3.05, 3.63) is 47.0 Å². The molecule has 0 unspecified atom stereocenters. The van der Waals surface area contributed by atoms with Gasteiger partial charge >= 0.3 is 5.97 Å². The minimum atomic E-state index is -0.276. The maximum atomic E-state index is 11.5. The predicted molar refractivity (Wildman–Crippen MR) is 98.7 cm³/mol. The molecule has 0 saturated heterocycles. The van der Waals surface area contributed by atoms with Crippen LogP contribution in [0.25, 0.3) is 0 Å². The highest BCUT2D eigenvalue weighted by Gasteiger charge is 2.32. The first kappa shape index (κ1) is 18.7. The van der Waals surface area contributed by atoms with Crippen LogP contribution in [-0.2, 0) is 11.3 Å². The second-order valence-corrected chi connectivity index (χ2v) is 8.18. The topological polar surface area (TPSA) is 26.3 Å². The van der Waals surface area contributed by atoms with Crippen LogP contribution in [-0.4, -0.2) is 38.2 Å². The number of hydrogen-bond donors (Lipinski definition) is 0. The van der Waals surface area contributed by atoms with Gasteiger partial charge in [0.15, 0.2) is 0 Å². The van der Waals surface area contributed by atoms with Gasteiger partial charge in [0.25, 0.3) is 0 Å². The van der Waals surface area contributed by atoms with Crippen molar-refractivity contribution in [1.82, 2.24) is 0 Å². The molecule has 1 aliphatic rings. The van der Waals surface area contributed by atoms with Crippen LogP contribution in [0.2, 0.25) is 0 Å². The summed E-state index contributed by atoms with van der Waals surface area (Å²) in [5.41, 5.74) is 3.41. The first-order valence-corrected chi connectivity index (χ1v) is 8.88. The quantitative estimate of drug-likeness (QED) is 0.457. The van der Waals surface area contributed by atoms with Crippen molar-refractivity contribution >= 4 is 5.97 Å². The first-order valence-electron chi connectivity index (χ1n) is 8.88. The van der Waals surface area contributed by atoms with Crippen LogP contribution in [0, 0.1) is 17.8 Å². The smallest absolute Gasteiger partial charge is 0.337 e. The summed E-state index contributed by atoms with van der Waals surface area (Å²) in [5.74, 6) is 1.83. The fraction of sp³-hybridized carbons (Fsp3) is 0.571. The monoisotopic (exact) mass is 330 g/mol. The average molecular weight is 330 g/mol. The minimum absolute atomic E-state index is 0.276. The molecule has 0 fully saturated rings. The highest BCUT2D eigenvalue weighted by Crippen LogP contribution is 2.35. The zero-order valence-electron chi connectivity index (χ0n) is 16.0. The molecule has 0 aliphatic heterocycles. The number of benzene rings is 1. The molecule has 0 saturated carbocycles. The van der Waals surface area contributed by atoms with Crippen molar-refractivity contribution in [2.75, 3.05) is 27.7 Å². The Labute approximate surface area is 146 Å². The van der Waals surface area contributed by atoms with Crippen LogP contribution in [0.1, 0.15) is 43.1 Å². The molecule has 0 spiro atoms. The second-order valence-electron chi connectivity index (χ2n) is 8.18. The van der Waals surface area contributed by atoms with E-state index >= 15 is 0 Å². The fourth-order valence-electron chi connectivity index (χ4n) is 4.16. The zero-order chi connectivity index (χ0) is 17.9. The van der Waals surface area contributed by atoms with E-state index in [-0.39, 0.29) is 5.97 Å². The number of nitrogens with zero attached hydrogens (tertiary/aromatic N) is 1. The van der Waals surface area contributed by atoms with Gasteiger partial charge in [0.2, 0.25) is 0 Å². The third-order valence-corrected chi connectivity index (χ3v) is 5.29. The molecule has 0 amide bonds. The van der Waals surface area contributed by atoms with Gasteiger partial charge in [0.1, 0.15) is 6.54 Å². The maximum Gasteiger partial charge on any atom is 0.337 e. The van der Waals surface area contributed by atoms with E-state index in [4.69, 9.17) is 4.74 Å². The van der Waals surface area contributed by atoms with Crippen molar-refractivity contribution in [2.24, 2.45) is 17.8 Å². The Kier molecular flexibility index (Phi) is 5.87. The van der Waals surface area contributed by atoms with Gasteiger partial charge in [-0.1, -0.05) is 37.6 Å². The van der Waals surface area contributed by atoms with Crippen molar-refractivity contribution in [3.63, 3.8) is 0 Å². The van der Waals surface area contributed by atoms with Crippen LogP contribution in [0.4, 0.5) is 0 Å². The molecule has 0 N–H and O–H groups in total. The molecule has 3 nitrogen and oxygen atoms in total. The summed E-state index contributed by atoms with van der Waals surface area (Å²) in [4.78, 5) is 11.5. The average Bonchev–Trinajstić information content (AvgIpc) is 2.50. The molecule has 132 valence electrons. The van der Waals surface area contributed by atoms with E-state index in [1.165, 1.54) is 31.2 Å². The molecule has 24 heavy (non-hydrogen) atoms. The first-order chi connectivity index (χ1) is 11.2. The number of methoxy groups -OCH3 is 1. The molecule has 3 heteroatoms. The normalized spacial score (nSPS) is 24.4. The number of carbonyl (C=O) groups excluding carboxylic acids is 1. The summed E-state index contributed by atoms with van der Waals surface area (Å²) in [6.45, 7) is 9.15. The lowest BCUT2D eigenvalue weighted by atomic mass is 9.74. The third-order valence-electron chi connectivity index (χ3n) is 5.29. The summed E-state index contributed by atoms with van der Waals surface area (Å²) < 4.78 is 5.72. The SMILES string of the molecule is COC(=O)c1ccc(C[N+](C)(C)C[C@H]2[C@@H](C)C=C(C)C[C@@H]2C)cc1. The van der Waals surface area contributed by atoms with E-state index in [0.29, 0.717) is 11.5 Å². The molecule has 0 bridgehead atoms. The van der Waals surface area contributed by atoms with Gasteiger partial charge in [-0.15, -0.1) is 0 Å². The molecule has 1 aromatic rings. The van der Waals surface area contributed by atoms with Crippen LogP contribution in [0.3, 0.4) is 0 Å². The predicted octanol–water partition coefficient (Wildman–Crippen LogP) is 4.29. The zero-order valence-corrected chi connectivity index (χ0v) is 16.0. The lowest BCUT2D eigenvalue weighted by Gasteiger charge is -2.40. The molecular weight excluding hydrogens is 298 g/mol. The Morgan fingerprint density at radius 3 is 2.38 bits per heavy atom. The summed E-state index contributed by atoms with van der Waals surface area (Å²) in [6, 6.07) is 7.81. The number of quaternary nitrogens is 1. The van der Waals surface area contributed by atoms with Crippen LogP contribution in [0.15, 0.2) is 35.9 Å². The Balaban J connectivity index is 2.04. The van der Waals surface area contributed by atoms with Gasteiger partial charge in [0.05, 0.1) is 33.3 Å². The number of carbonyl (C=O) groups is 1. The van der Waals surface area contributed by atoms with E-state index in [9.17, 15) is 4.79 Å². The molecule has 1 aliphatic carbocycles. The number of hydrogen-bond acceptors (Lipinski definition) is 2. The molecular formula is C21H32NO2+. The van der Waals surface area contributed by atoms with Crippen LogP contribution in [0.5, 0.6) is 0 Å². The number of ether oxygens (including phenoxy) is 1. The van der Waals surface area contributed by atoms with E-state index in [0.717, 1.165) is 22.9 Å².